The van der Waals surface area contributed by atoms with Gasteiger partial charge in [0.05, 0.1) is 23.2 Å². The molecule has 6 nitrogen and oxygen atoms in total. The molecule has 0 spiro atoms. The van der Waals surface area contributed by atoms with E-state index in [0.29, 0.717) is 30.6 Å². The van der Waals surface area contributed by atoms with Gasteiger partial charge in [-0.05, 0) is 32.4 Å². The number of amides is 1. The second-order valence-electron chi connectivity index (χ2n) is 5.51. The number of hydrogen-bond acceptors (Lipinski definition) is 5. The second kappa shape index (κ2) is 8.57. The second-order valence-corrected chi connectivity index (χ2v) is 5.87. The maximum atomic E-state index is 12.3. The van der Waals surface area contributed by atoms with Gasteiger partial charge in [0.25, 0.3) is 0 Å². The van der Waals surface area contributed by atoms with Gasteiger partial charge < -0.3 is 10.1 Å². The van der Waals surface area contributed by atoms with Gasteiger partial charge in [0, 0.05) is 13.2 Å². The summed E-state index contributed by atoms with van der Waals surface area (Å²) in [6, 6.07) is 9.12. The van der Waals surface area contributed by atoms with Crippen LogP contribution in [-0.2, 0) is 9.53 Å². The molecule has 126 valence electrons. The molecule has 0 aliphatic heterocycles. The molecule has 1 N–H and O–H groups in total. The van der Waals surface area contributed by atoms with Crippen molar-refractivity contribution in [3.05, 3.63) is 35.1 Å². The highest BCUT2D eigenvalue weighted by Gasteiger charge is 2.25. The Balaban J connectivity index is 2.06. The van der Waals surface area contributed by atoms with E-state index in [9.17, 15) is 10.1 Å². The lowest BCUT2D eigenvalue weighted by atomic mass is 10.1. The van der Waals surface area contributed by atoms with E-state index in [0.717, 1.165) is 0 Å². The van der Waals surface area contributed by atoms with Crippen LogP contribution in [0.15, 0.2) is 24.3 Å². The Kier molecular flexibility index (Phi) is 6.47. The summed E-state index contributed by atoms with van der Waals surface area (Å²) in [7, 11) is 0. The first-order valence-corrected chi connectivity index (χ1v) is 8.12. The van der Waals surface area contributed by atoms with Gasteiger partial charge >= 0.3 is 0 Å². The Morgan fingerprint density at radius 2 is 2.00 bits per heavy atom. The SMILES string of the molecule is CC(C)OCCCNC(=O)C(C#N)c1nc2ccccc2nc1Cl. The maximum Gasteiger partial charge on any atom is 0.243 e. The fourth-order valence-corrected chi connectivity index (χ4v) is 2.37. The highest BCUT2D eigenvalue weighted by molar-refractivity contribution is 6.30. The van der Waals surface area contributed by atoms with Crippen molar-refractivity contribution in [2.45, 2.75) is 32.3 Å². The number of nitrogens with one attached hydrogen (secondary N) is 1. The van der Waals surface area contributed by atoms with Crippen LogP contribution in [0.5, 0.6) is 0 Å². The smallest absolute Gasteiger partial charge is 0.243 e. The Bertz CT molecular complexity index is 758. The van der Waals surface area contributed by atoms with Crippen LogP contribution >= 0.6 is 11.6 Å². The van der Waals surface area contributed by atoms with Crippen molar-refractivity contribution in [3.8, 4) is 6.07 Å². The van der Waals surface area contributed by atoms with Gasteiger partial charge in [0.1, 0.15) is 5.69 Å². The van der Waals surface area contributed by atoms with E-state index in [-0.39, 0.29) is 17.0 Å². The summed E-state index contributed by atoms with van der Waals surface area (Å²) in [6.45, 7) is 4.86. The minimum Gasteiger partial charge on any atom is -0.379 e. The summed E-state index contributed by atoms with van der Waals surface area (Å²) in [5.74, 6) is -1.53. The summed E-state index contributed by atoms with van der Waals surface area (Å²) in [4.78, 5) is 20.8. The van der Waals surface area contributed by atoms with Gasteiger partial charge in [-0.2, -0.15) is 5.26 Å². The largest absolute Gasteiger partial charge is 0.379 e. The first-order valence-electron chi connectivity index (χ1n) is 7.74. The summed E-state index contributed by atoms with van der Waals surface area (Å²) in [5.41, 5.74) is 1.39. The summed E-state index contributed by atoms with van der Waals surface area (Å²) in [5, 5.41) is 12.1. The van der Waals surface area contributed by atoms with Gasteiger partial charge in [-0.25, -0.2) is 9.97 Å². The van der Waals surface area contributed by atoms with Crippen LogP contribution in [0.3, 0.4) is 0 Å². The highest BCUT2D eigenvalue weighted by atomic mass is 35.5. The van der Waals surface area contributed by atoms with E-state index in [2.05, 4.69) is 15.3 Å². The molecule has 0 saturated heterocycles. The Labute approximate surface area is 145 Å². The fourth-order valence-electron chi connectivity index (χ4n) is 2.12. The molecule has 1 aromatic carbocycles. The van der Waals surface area contributed by atoms with Gasteiger partial charge in [0.15, 0.2) is 11.1 Å². The molecule has 0 bridgehead atoms. The minimum atomic E-state index is -1.10. The topological polar surface area (TPSA) is 87.9 Å². The number of halogens is 1. The third-order valence-electron chi connectivity index (χ3n) is 3.29. The molecular formula is C17H19ClN4O2. The minimum absolute atomic E-state index is 0.0681. The fraction of sp³-hybridized carbons (Fsp3) is 0.412. The van der Waals surface area contributed by atoms with E-state index in [4.69, 9.17) is 16.3 Å². The number of nitrogens with zero attached hydrogens (tertiary/aromatic N) is 3. The van der Waals surface area contributed by atoms with Crippen molar-refractivity contribution in [1.82, 2.24) is 15.3 Å². The first kappa shape index (κ1) is 18.1. The number of carbonyl (C=O) groups excluding carboxylic acids is 1. The van der Waals surface area contributed by atoms with Crippen molar-refractivity contribution in [3.63, 3.8) is 0 Å². The van der Waals surface area contributed by atoms with Crippen molar-refractivity contribution >= 4 is 28.5 Å². The number of aromatic nitrogens is 2. The zero-order valence-corrected chi connectivity index (χ0v) is 14.4. The van der Waals surface area contributed by atoms with Gasteiger partial charge in [-0.1, -0.05) is 23.7 Å². The van der Waals surface area contributed by atoms with Crippen molar-refractivity contribution in [1.29, 1.82) is 5.26 Å². The molecule has 1 heterocycles. The summed E-state index contributed by atoms with van der Waals surface area (Å²) in [6.07, 6.45) is 0.818. The molecular weight excluding hydrogens is 328 g/mol. The Morgan fingerprint density at radius 3 is 2.62 bits per heavy atom. The number of rotatable bonds is 7. The molecule has 7 heteroatoms. The Morgan fingerprint density at radius 1 is 1.33 bits per heavy atom. The molecule has 1 amide bonds. The number of hydrogen-bond donors (Lipinski definition) is 1. The number of fused-ring (bicyclic) bond motifs is 1. The molecule has 0 radical (unpaired) electrons. The maximum absolute atomic E-state index is 12.3. The standard InChI is InChI=1S/C17H19ClN4O2/c1-11(2)24-9-5-8-20-17(23)12(10-19)15-16(18)22-14-7-4-3-6-13(14)21-15/h3-4,6-7,11-12H,5,8-9H2,1-2H3,(H,20,23). The van der Waals surface area contributed by atoms with E-state index < -0.39 is 11.8 Å². The third kappa shape index (κ3) is 4.63. The van der Waals surface area contributed by atoms with Gasteiger partial charge in [-0.3, -0.25) is 4.79 Å². The average molecular weight is 347 g/mol. The first-order chi connectivity index (χ1) is 11.5. The van der Waals surface area contributed by atoms with Crippen molar-refractivity contribution in [2.75, 3.05) is 13.2 Å². The molecule has 2 aromatic rings. The number of carbonyl (C=O) groups is 1. The zero-order chi connectivity index (χ0) is 17.5. The average Bonchev–Trinajstić information content (AvgIpc) is 2.55. The molecule has 0 fully saturated rings. The molecule has 0 saturated carbocycles. The normalized spacial score (nSPS) is 12.1. The number of nitriles is 1. The number of ether oxygens (including phenoxy) is 1. The van der Waals surface area contributed by atoms with Crippen molar-refractivity contribution in [2.24, 2.45) is 0 Å². The van der Waals surface area contributed by atoms with Crippen molar-refractivity contribution < 1.29 is 9.53 Å². The van der Waals surface area contributed by atoms with Crippen LogP contribution in [-0.4, -0.2) is 35.1 Å². The van der Waals surface area contributed by atoms with E-state index in [1.807, 2.05) is 32.0 Å². The lowest BCUT2D eigenvalue weighted by Gasteiger charge is -2.12. The highest BCUT2D eigenvalue weighted by Crippen LogP contribution is 2.23. The predicted molar refractivity (Wildman–Crippen MR) is 91.6 cm³/mol. The van der Waals surface area contributed by atoms with Crippen LogP contribution in [0.2, 0.25) is 5.15 Å². The number of benzene rings is 1. The Hall–Kier alpha value is -2.23. The van der Waals surface area contributed by atoms with E-state index in [1.54, 1.807) is 12.1 Å². The van der Waals surface area contributed by atoms with Gasteiger partial charge in [0.2, 0.25) is 5.91 Å². The monoisotopic (exact) mass is 346 g/mol. The zero-order valence-electron chi connectivity index (χ0n) is 13.6. The van der Waals surface area contributed by atoms with Gasteiger partial charge in [-0.15, -0.1) is 0 Å². The van der Waals surface area contributed by atoms with Crippen LogP contribution < -0.4 is 5.32 Å². The molecule has 1 aromatic heterocycles. The van der Waals surface area contributed by atoms with E-state index in [1.165, 1.54) is 0 Å². The molecule has 0 aliphatic rings. The number of para-hydroxylation sites is 2. The van der Waals surface area contributed by atoms with Crippen LogP contribution in [0.1, 0.15) is 31.9 Å². The quantitative estimate of drug-likeness (QED) is 0.779. The predicted octanol–water partition coefficient (Wildman–Crippen LogP) is 2.82. The lowest BCUT2D eigenvalue weighted by molar-refractivity contribution is -0.121. The molecule has 1 atom stereocenters. The summed E-state index contributed by atoms with van der Waals surface area (Å²) < 4.78 is 5.40. The molecule has 0 aliphatic carbocycles. The van der Waals surface area contributed by atoms with Crippen LogP contribution in [0, 0.1) is 11.3 Å². The lowest BCUT2D eigenvalue weighted by Crippen LogP contribution is -2.31. The molecule has 24 heavy (non-hydrogen) atoms. The molecule has 2 rings (SSSR count). The van der Waals surface area contributed by atoms with E-state index >= 15 is 0 Å². The van der Waals surface area contributed by atoms with Crippen LogP contribution in [0.4, 0.5) is 0 Å². The summed E-state index contributed by atoms with van der Waals surface area (Å²) >= 11 is 6.11. The molecule has 1 unspecified atom stereocenters. The van der Waals surface area contributed by atoms with Crippen LogP contribution in [0.25, 0.3) is 11.0 Å². The third-order valence-corrected chi connectivity index (χ3v) is 3.57.